The van der Waals surface area contributed by atoms with Gasteiger partial charge in [-0.2, -0.15) is 0 Å². The molecule has 1 nitrogen and oxygen atoms in total. The van der Waals surface area contributed by atoms with Crippen LogP contribution in [0.1, 0.15) is 52.9 Å². The van der Waals surface area contributed by atoms with E-state index in [-0.39, 0.29) is 9.76 Å². The Hall–Kier alpha value is 0.394. The lowest BCUT2D eigenvalue weighted by Gasteiger charge is -2.30. The van der Waals surface area contributed by atoms with Crippen molar-refractivity contribution in [3.05, 3.63) is 0 Å². The summed E-state index contributed by atoms with van der Waals surface area (Å²) in [5.41, 5.74) is 0.652. The maximum absolute atomic E-state index is 5.34. The summed E-state index contributed by atoms with van der Waals surface area (Å²) in [4.78, 5) is 0. The van der Waals surface area contributed by atoms with Gasteiger partial charge in [-0.15, -0.1) is 0 Å². The fourth-order valence-electron chi connectivity index (χ4n) is 2.03. The van der Waals surface area contributed by atoms with Gasteiger partial charge in [-0.1, -0.05) is 46.5 Å². The van der Waals surface area contributed by atoms with Gasteiger partial charge in [-0.05, 0) is 17.9 Å². The first-order valence-electron chi connectivity index (χ1n) is 5.73. The molecule has 0 aliphatic rings. The highest BCUT2D eigenvalue weighted by Gasteiger charge is 2.22. The molecule has 0 spiro atoms. The van der Waals surface area contributed by atoms with Crippen molar-refractivity contribution in [1.82, 2.24) is 0 Å². The first-order valence-corrected chi connectivity index (χ1v) is 8.13. The third-order valence-electron chi connectivity index (χ3n) is 3.56. The lowest BCUT2D eigenvalue weighted by atomic mass is 9.76. The monoisotopic (exact) mass is 218 g/mol. The Labute approximate surface area is 89.1 Å². The molecule has 0 radical (unpaired) electrons. The lowest BCUT2D eigenvalue weighted by Crippen LogP contribution is -2.17. The van der Waals surface area contributed by atoms with Crippen LogP contribution in [0.3, 0.4) is 0 Å². The Morgan fingerprint density at radius 3 is 2.08 bits per heavy atom. The van der Waals surface area contributed by atoms with Crippen LogP contribution in [-0.2, 0) is 4.12 Å². The smallest absolute Gasteiger partial charge is 0.145 e. The third-order valence-corrected chi connectivity index (χ3v) is 5.98. The Morgan fingerprint density at radius 2 is 1.69 bits per heavy atom. The molecule has 0 bridgehead atoms. The molecule has 0 unspecified atom stereocenters. The number of rotatable bonds is 8. The van der Waals surface area contributed by atoms with E-state index < -0.39 is 0 Å². The molecule has 0 saturated carbocycles. The summed E-state index contributed by atoms with van der Waals surface area (Å²) in [5.74, 6) is 0. The topological polar surface area (TPSA) is 9.23 Å². The van der Waals surface area contributed by atoms with Crippen molar-refractivity contribution < 1.29 is 4.12 Å². The van der Waals surface area contributed by atoms with Crippen LogP contribution in [0, 0.1) is 5.41 Å². The molecule has 80 valence electrons. The summed E-state index contributed by atoms with van der Waals surface area (Å²) in [7, 11) is 0.851. The van der Waals surface area contributed by atoms with Crippen molar-refractivity contribution in [2.24, 2.45) is 5.41 Å². The van der Waals surface area contributed by atoms with Crippen LogP contribution in [0.4, 0.5) is 0 Å². The zero-order valence-electron chi connectivity index (χ0n) is 9.86. The molecule has 0 heterocycles. The van der Waals surface area contributed by atoms with E-state index >= 15 is 0 Å². The van der Waals surface area contributed by atoms with E-state index in [1.807, 2.05) is 0 Å². The Balaban J connectivity index is 3.68. The van der Waals surface area contributed by atoms with E-state index in [1.54, 1.807) is 0 Å². The van der Waals surface area contributed by atoms with Gasteiger partial charge in [0.25, 0.3) is 0 Å². The molecular weight excluding hydrogens is 192 g/mol. The van der Waals surface area contributed by atoms with Gasteiger partial charge in [0.2, 0.25) is 0 Å². The molecule has 0 rings (SSSR count). The molecule has 0 amide bonds. The third kappa shape index (κ3) is 4.98. The largest absolute Gasteiger partial charge is 0.468 e. The van der Waals surface area contributed by atoms with Crippen LogP contribution >= 0.6 is 0 Å². The summed E-state index contributed by atoms with van der Waals surface area (Å²) >= 11 is 0. The molecule has 0 fully saturated rings. The van der Waals surface area contributed by atoms with Crippen molar-refractivity contribution in [3.8, 4) is 0 Å². The van der Waals surface area contributed by atoms with Crippen molar-refractivity contribution in [2.45, 2.75) is 58.9 Å². The maximum atomic E-state index is 5.34. The van der Waals surface area contributed by atoms with Crippen molar-refractivity contribution in [2.75, 3.05) is 0 Å². The summed E-state index contributed by atoms with van der Waals surface area (Å²) in [5, 5.41) is 0. The van der Waals surface area contributed by atoms with Gasteiger partial charge in [0.15, 0.2) is 0 Å². The van der Waals surface area contributed by atoms with Gasteiger partial charge in [0.1, 0.15) is 20.2 Å². The van der Waals surface area contributed by atoms with Gasteiger partial charge in [-0.3, -0.25) is 0 Å². The normalized spacial score (nSPS) is 13.2. The molecule has 0 aromatic rings. The molecule has 0 aliphatic carbocycles. The number of hydrogen-bond acceptors (Lipinski definition) is 1. The summed E-state index contributed by atoms with van der Waals surface area (Å²) in [6.07, 6.45) is 6.88. The summed E-state index contributed by atoms with van der Waals surface area (Å²) in [6.45, 7) is 7.02. The van der Waals surface area contributed by atoms with Crippen LogP contribution < -0.4 is 0 Å². The van der Waals surface area contributed by atoms with Crippen molar-refractivity contribution in [3.63, 3.8) is 0 Å². The van der Waals surface area contributed by atoms with Gasteiger partial charge in [0, 0.05) is 0 Å². The first kappa shape index (κ1) is 13.4. The predicted octanol–water partition coefficient (Wildman–Crippen LogP) is 1.78. The minimum Gasteiger partial charge on any atom is -0.468 e. The Kier molecular flexibility index (Phi) is 8.00. The molecule has 0 saturated heterocycles. The van der Waals surface area contributed by atoms with Gasteiger partial charge in [0.05, 0.1) is 0 Å². The molecule has 0 aromatic heterocycles. The van der Waals surface area contributed by atoms with Crippen LogP contribution in [0.25, 0.3) is 0 Å². The quantitative estimate of drug-likeness (QED) is 0.446. The average molecular weight is 218 g/mol. The van der Waals surface area contributed by atoms with E-state index in [0.717, 1.165) is 10.5 Å². The second-order valence-electron chi connectivity index (χ2n) is 4.01. The maximum Gasteiger partial charge on any atom is 0.145 e. The number of hydrogen-bond donors (Lipinski definition) is 0. The molecule has 0 atom stereocenters. The molecule has 0 N–H and O–H groups in total. The van der Waals surface area contributed by atoms with E-state index in [9.17, 15) is 0 Å². The molecular formula is C10H26OSi2. The SMILES string of the molecule is CCC(CC)(CC)CCC[SiH2]O[SiH3]. The molecule has 3 heteroatoms. The summed E-state index contributed by atoms with van der Waals surface area (Å²) < 4.78 is 5.34. The lowest BCUT2D eigenvalue weighted by molar-refractivity contribution is 0.226. The van der Waals surface area contributed by atoms with Crippen LogP contribution in [0.15, 0.2) is 0 Å². The van der Waals surface area contributed by atoms with Crippen LogP contribution in [0.5, 0.6) is 0 Å². The second kappa shape index (κ2) is 7.77. The second-order valence-corrected chi connectivity index (χ2v) is 7.44. The van der Waals surface area contributed by atoms with Gasteiger partial charge in [-0.25, -0.2) is 0 Å². The molecule has 13 heavy (non-hydrogen) atoms. The van der Waals surface area contributed by atoms with E-state index in [4.69, 9.17) is 4.12 Å². The highest BCUT2D eigenvalue weighted by atomic mass is 28.3. The van der Waals surface area contributed by atoms with Crippen molar-refractivity contribution >= 4 is 20.2 Å². The van der Waals surface area contributed by atoms with Gasteiger partial charge >= 0.3 is 0 Å². The standard InChI is InChI=1S/C10H26OSi2/c1-4-10(5-2,6-3)8-7-9-13-11-12/h4-9,13H2,1-3,12H3. The zero-order chi connectivity index (χ0) is 10.2. The fraction of sp³-hybridized carbons (Fsp3) is 1.00. The minimum absolute atomic E-state index is 0.108. The van der Waals surface area contributed by atoms with Gasteiger partial charge < -0.3 is 4.12 Å². The van der Waals surface area contributed by atoms with Crippen molar-refractivity contribution in [1.29, 1.82) is 0 Å². The Morgan fingerprint density at radius 1 is 1.15 bits per heavy atom. The average Bonchev–Trinajstić information content (AvgIpc) is 2.20. The van der Waals surface area contributed by atoms with E-state index in [1.165, 1.54) is 38.1 Å². The highest BCUT2D eigenvalue weighted by Crippen LogP contribution is 2.35. The zero-order valence-corrected chi connectivity index (χ0v) is 13.3. The van der Waals surface area contributed by atoms with Crippen LogP contribution in [-0.4, -0.2) is 20.2 Å². The molecule has 0 aliphatic heterocycles. The minimum atomic E-state index is -0.108. The van der Waals surface area contributed by atoms with E-state index in [0.29, 0.717) is 5.41 Å². The predicted molar refractivity (Wildman–Crippen MR) is 66.9 cm³/mol. The fourth-order valence-corrected chi connectivity index (χ4v) is 3.64. The summed E-state index contributed by atoms with van der Waals surface area (Å²) in [6, 6.07) is 1.39. The van der Waals surface area contributed by atoms with Crippen LogP contribution in [0.2, 0.25) is 6.04 Å². The Bertz CT molecular complexity index is 105. The van der Waals surface area contributed by atoms with E-state index in [2.05, 4.69) is 20.8 Å². The highest BCUT2D eigenvalue weighted by molar-refractivity contribution is 6.34. The first-order chi connectivity index (χ1) is 6.24. The molecule has 0 aromatic carbocycles.